The SMILES string of the molecule is O=C(Nc1ccccc1C(=O)Nc1ccc2c(c1)OCCO2)c1cc(-c2ccccc2)on1. The largest absolute Gasteiger partial charge is 0.486 e. The minimum Gasteiger partial charge on any atom is -0.486 e. The number of ether oxygens (including phenoxy) is 2. The van der Waals surface area contributed by atoms with E-state index in [9.17, 15) is 9.59 Å². The van der Waals surface area contributed by atoms with E-state index in [1.807, 2.05) is 30.3 Å². The number of fused-ring (bicyclic) bond motifs is 1. The van der Waals surface area contributed by atoms with Crippen molar-refractivity contribution in [2.75, 3.05) is 23.8 Å². The molecule has 8 nitrogen and oxygen atoms in total. The second-order valence-corrected chi connectivity index (χ2v) is 7.25. The number of amides is 2. The average Bonchev–Trinajstić information content (AvgIpc) is 3.35. The fraction of sp³-hybridized carbons (Fsp3) is 0.0800. The second-order valence-electron chi connectivity index (χ2n) is 7.25. The molecule has 0 unspecified atom stereocenters. The van der Waals surface area contributed by atoms with E-state index in [2.05, 4.69) is 15.8 Å². The van der Waals surface area contributed by atoms with E-state index >= 15 is 0 Å². The highest BCUT2D eigenvalue weighted by atomic mass is 16.6. The van der Waals surface area contributed by atoms with Crippen molar-refractivity contribution in [1.82, 2.24) is 5.16 Å². The van der Waals surface area contributed by atoms with Gasteiger partial charge in [0.2, 0.25) is 0 Å². The summed E-state index contributed by atoms with van der Waals surface area (Å²) in [6.07, 6.45) is 0. The summed E-state index contributed by atoms with van der Waals surface area (Å²) in [6, 6.07) is 22.8. The first-order chi connectivity index (χ1) is 16.2. The Morgan fingerprint density at radius 1 is 0.758 bits per heavy atom. The molecule has 2 amide bonds. The molecule has 164 valence electrons. The summed E-state index contributed by atoms with van der Waals surface area (Å²) in [4.78, 5) is 25.7. The van der Waals surface area contributed by atoms with E-state index in [1.54, 1.807) is 48.5 Å². The van der Waals surface area contributed by atoms with E-state index < -0.39 is 5.91 Å². The Hall–Kier alpha value is -4.59. The maximum atomic E-state index is 12.9. The van der Waals surface area contributed by atoms with Gasteiger partial charge in [0.05, 0.1) is 11.3 Å². The lowest BCUT2D eigenvalue weighted by Crippen LogP contribution is -2.19. The molecule has 0 saturated carbocycles. The van der Waals surface area contributed by atoms with Gasteiger partial charge in [0.25, 0.3) is 11.8 Å². The average molecular weight is 441 g/mol. The molecule has 0 spiro atoms. The number of hydrogen-bond acceptors (Lipinski definition) is 6. The van der Waals surface area contributed by atoms with Gasteiger partial charge in [-0.25, -0.2) is 0 Å². The van der Waals surface area contributed by atoms with Crippen molar-refractivity contribution in [3.63, 3.8) is 0 Å². The predicted octanol–water partition coefficient (Wildman–Crippen LogP) is 4.62. The van der Waals surface area contributed by atoms with Crippen LogP contribution in [0.1, 0.15) is 20.8 Å². The summed E-state index contributed by atoms with van der Waals surface area (Å²) in [6.45, 7) is 0.942. The molecule has 1 aromatic heterocycles. The first-order valence-electron chi connectivity index (χ1n) is 10.3. The fourth-order valence-corrected chi connectivity index (χ4v) is 3.42. The van der Waals surface area contributed by atoms with Gasteiger partial charge in [-0.2, -0.15) is 0 Å². The summed E-state index contributed by atoms with van der Waals surface area (Å²) >= 11 is 0. The third-order valence-electron chi connectivity index (χ3n) is 5.02. The van der Waals surface area contributed by atoms with Gasteiger partial charge in [-0.05, 0) is 24.3 Å². The molecule has 1 aliphatic heterocycles. The molecule has 5 rings (SSSR count). The Kier molecular flexibility index (Phi) is 5.47. The third-order valence-corrected chi connectivity index (χ3v) is 5.02. The van der Waals surface area contributed by atoms with Crippen LogP contribution in [0.3, 0.4) is 0 Å². The van der Waals surface area contributed by atoms with Crippen molar-refractivity contribution in [2.45, 2.75) is 0 Å². The normalized spacial score (nSPS) is 12.1. The molecule has 2 N–H and O–H groups in total. The summed E-state index contributed by atoms with van der Waals surface area (Å²) in [5.74, 6) is 0.814. The van der Waals surface area contributed by atoms with Gasteiger partial charge in [0.15, 0.2) is 23.0 Å². The zero-order valence-corrected chi connectivity index (χ0v) is 17.4. The Morgan fingerprint density at radius 2 is 1.52 bits per heavy atom. The number of nitrogens with one attached hydrogen (secondary N) is 2. The summed E-state index contributed by atoms with van der Waals surface area (Å²) in [7, 11) is 0. The molecular weight excluding hydrogens is 422 g/mol. The highest BCUT2D eigenvalue weighted by Crippen LogP contribution is 2.33. The Morgan fingerprint density at radius 3 is 2.36 bits per heavy atom. The topological polar surface area (TPSA) is 103 Å². The lowest BCUT2D eigenvalue weighted by Gasteiger charge is -2.19. The van der Waals surface area contributed by atoms with Gasteiger partial charge in [-0.1, -0.05) is 47.6 Å². The molecule has 0 atom stereocenters. The minimum absolute atomic E-state index is 0.107. The number of benzene rings is 3. The van der Waals surface area contributed by atoms with Crippen LogP contribution in [-0.4, -0.2) is 30.2 Å². The lowest BCUT2D eigenvalue weighted by atomic mass is 10.1. The molecule has 0 radical (unpaired) electrons. The summed E-state index contributed by atoms with van der Waals surface area (Å²) in [5, 5.41) is 9.43. The van der Waals surface area contributed by atoms with Crippen LogP contribution in [0.25, 0.3) is 11.3 Å². The highest BCUT2D eigenvalue weighted by Gasteiger charge is 2.19. The van der Waals surface area contributed by atoms with Crippen LogP contribution >= 0.6 is 0 Å². The predicted molar refractivity (Wildman–Crippen MR) is 122 cm³/mol. The number of para-hydroxylation sites is 1. The highest BCUT2D eigenvalue weighted by molar-refractivity contribution is 6.12. The molecule has 2 heterocycles. The standard InChI is InChI=1S/C25H19N3O5/c29-24(26-17-10-11-21-23(14-17)32-13-12-31-21)18-8-4-5-9-19(18)27-25(30)20-15-22(33-28-20)16-6-2-1-3-7-16/h1-11,14-15H,12-13H2,(H,26,29)(H,27,30). The van der Waals surface area contributed by atoms with Crippen molar-refractivity contribution in [3.8, 4) is 22.8 Å². The number of hydrogen-bond donors (Lipinski definition) is 2. The van der Waals surface area contributed by atoms with Crippen LogP contribution in [0, 0.1) is 0 Å². The maximum absolute atomic E-state index is 12.9. The van der Waals surface area contributed by atoms with Crippen LogP contribution in [0.5, 0.6) is 11.5 Å². The van der Waals surface area contributed by atoms with Crippen molar-refractivity contribution in [2.24, 2.45) is 0 Å². The molecule has 4 aromatic rings. The van der Waals surface area contributed by atoms with Crippen molar-refractivity contribution in [3.05, 3.63) is 90.1 Å². The summed E-state index contributed by atoms with van der Waals surface area (Å²) in [5.41, 5.74) is 2.11. The fourth-order valence-electron chi connectivity index (χ4n) is 3.42. The Balaban J connectivity index is 1.32. The van der Waals surface area contributed by atoms with Crippen LogP contribution in [0.2, 0.25) is 0 Å². The molecule has 0 fully saturated rings. The van der Waals surface area contributed by atoms with Crippen LogP contribution in [0.15, 0.2) is 83.4 Å². The van der Waals surface area contributed by atoms with E-state index in [0.717, 1.165) is 5.56 Å². The van der Waals surface area contributed by atoms with E-state index in [-0.39, 0.29) is 11.6 Å². The number of nitrogens with zero attached hydrogens (tertiary/aromatic N) is 1. The van der Waals surface area contributed by atoms with Gasteiger partial charge >= 0.3 is 0 Å². The molecule has 0 saturated heterocycles. The molecule has 8 heteroatoms. The molecule has 0 bridgehead atoms. The van der Waals surface area contributed by atoms with E-state index in [4.69, 9.17) is 14.0 Å². The smallest absolute Gasteiger partial charge is 0.277 e. The van der Waals surface area contributed by atoms with Gasteiger partial charge in [0.1, 0.15) is 13.2 Å². The molecular formula is C25H19N3O5. The lowest BCUT2D eigenvalue weighted by molar-refractivity contribution is 0.101. The molecule has 1 aliphatic rings. The minimum atomic E-state index is -0.486. The van der Waals surface area contributed by atoms with Gasteiger partial charge in [0, 0.05) is 23.4 Å². The van der Waals surface area contributed by atoms with Crippen LogP contribution in [0.4, 0.5) is 11.4 Å². The van der Waals surface area contributed by atoms with E-state index in [1.165, 1.54) is 0 Å². The van der Waals surface area contributed by atoms with Crippen LogP contribution < -0.4 is 20.1 Å². The monoisotopic (exact) mass is 441 g/mol. The number of aromatic nitrogens is 1. The summed E-state index contributed by atoms with van der Waals surface area (Å²) < 4.78 is 16.4. The molecule has 0 aliphatic carbocycles. The molecule has 3 aromatic carbocycles. The van der Waals surface area contributed by atoms with Gasteiger partial charge in [-0.15, -0.1) is 0 Å². The Bertz CT molecular complexity index is 1320. The van der Waals surface area contributed by atoms with Crippen molar-refractivity contribution in [1.29, 1.82) is 0 Å². The van der Waals surface area contributed by atoms with Crippen molar-refractivity contribution >= 4 is 23.2 Å². The first-order valence-corrected chi connectivity index (χ1v) is 10.3. The third kappa shape index (κ3) is 4.40. The first kappa shape index (κ1) is 20.3. The van der Waals surface area contributed by atoms with Crippen LogP contribution in [-0.2, 0) is 0 Å². The van der Waals surface area contributed by atoms with Crippen molar-refractivity contribution < 1.29 is 23.6 Å². The van der Waals surface area contributed by atoms with Gasteiger partial charge < -0.3 is 24.6 Å². The number of carbonyl (C=O) groups is 2. The van der Waals surface area contributed by atoms with Gasteiger partial charge in [-0.3, -0.25) is 9.59 Å². The quantitative estimate of drug-likeness (QED) is 0.469. The Labute approximate surface area is 189 Å². The zero-order chi connectivity index (χ0) is 22.6. The number of carbonyl (C=O) groups excluding carboxylic acids is 2. The maximum Gasteiger partial charge on any atom is 0.277 e. The van der Waals surface area contributed by atoms with E-state index in [0.29, 0.717) is 47.4 Å². The number of rotatable bonds is 5. The zero-order valence-electron chi connectivity index (χ0n) is 17.4. The number of anilines is 2. The second kappa shape index (κ2) is 8.88. The molecule has 33 heavy (non-hydrogen) atoms.